The molecule has 3 aromatic rings. The minimum absolute atomic E-state index is 0. The van der Waals surface area contributed by atoms with Crippen molar-refractivity contribution < 1.29 is 38.4 Å². The monoisotopic (exact) mass is 466 g/mol. The second kappa shape index (κ2) is 9.37. The van der Waals surface area contributed by atoms with Crippen LogP contribution >= 0.6 is 0 Å². The molecule has 26 heavy (non-hydrogen) atoms. The standard InChI is InChI=1S/C21H27N2O2.HI/c1-4-21-22(5-2)19-8-6-7-9-20(19)23(21)14-17(24)15-25-18-12-10-16(3)11-13-18;/h6-13,17,24H,4-5,14-15H2,1-3H3;1H/q+1;/p-1. The molecule has 3 rings (SSSR count). The van der Waals surface area contributed by atoms with Crippen molar-refractivity contribution in [3.63, 3.8) is 0 Å². The average Bonchev–Trinajstić information content (AvgIpc) is 2.94. The van der Waals surface area contributed by atoms with Gasteiger partial charge in [-0.1, -0.05) is 36.8 Å². The van der Waals surface area contributed by atoms with Crippen LogP contribution in [-0.2, 0) is 19.5 Å². The summed E-state index contributed by atoms with van der Waals surface area (Å²) in [7, 11) is 0. The van der Waals surface area contributed by atoms with Crippen LogP contribution in [0.2, 0.25) is 0 Å². The Bertz CT molecular complexity index is 843. The maximum Gasteiger partial charge on any atom is 0.257 e. The molecule has 1 aromatic heterocycles. The van der Waals surface area contributed by atoms with E-state index in [1.165, 1.54) is 16.9 Å². The number of para-hydroxylation sites is 2. The zero-order valence-electron chi connectivity index (χ0n) is 15.7. The van der Waals surface area contributed by atoms with E-state index in [1.807, 2.05) is 37.3 Å². The molecule has 0 spiro atoms. The average molecular weight is 466 g/mol. The van der Waals surface area contributed by atoms with Gasteiger partial charge in [-0.15, -0.1) is 0 Å². The summed E-state index contributed by atoms with van der Waals surface area (Å²) in [4.78, 5) is 0. The molecular formula is C21H27IN2O2. The molecule has 0 aliphatic heterocycles. The highest BCUT2D eigenvalue weighted by atomic mass is 127. The number of imidazole rings is 1. The molecule has 1 N–H and O–H groups in total. The molecule has 1 heterocycles. The number of fused-ring (bicyclic) bond motifs is 1. The fraction of sp³-hybridized carbons (Fsp3) is 0.381. The minimum Gasteiger partial charge on any atom is -1.00 e. The number of halogens is 1. The number of hydrogen-bond acceptors (Lipinski definition) is 2. The molecular weight excluding hydrogens is 439 g/mol. The highest BCUT2D eigenvalue weighted by molar-refractivity contribution is 5.72. The van der Waals surface area contributed by atoms with Crippen molar-refractivity contribution in [3.05, 3.63) is 59.9 Å². The van der Waals surface area contributed by atoms with Crippen molar-refractivity contribution in [2.45, 2.75) is 46.4 Å². The molecule has 140 valence electrons. The van der Waals surface area contributed by atoms with E-state index in [9.17, 15) is 5.11 Å². The van der Waals surface area contributed by atoms with Gasteiger partial charge in [0, 0.05) is 6.42 Å². The summed E-state index contributed by atoms with van der Waals surface area (Å²) in [6.07, 6.45) is 0.362. The first-order valence-electron chi connectivity index (χ1n) is 9.01. The summed E-state index contributed by atoms with van der Waals surface area (Å²) in [6.45, 7) is 8.10. The Morgan fingerprint density at radius 3 is 2.42 bits per heavy atom. The highest BCUT2D eigenvalue weighted by Crippen LogP contribution is 2.16. The van der Waals surface area contributed by atoms with Crippen LogP contribution in [0.4, 0.5) is 0 Å². The summed E-state index contributed by atoms with van der Waals surface area (Å²) in [5, 5.41) is 10.5. The number of benzene rings is 2. The van der Waals surface area contributed by atoms with Crippen LogP contribution in [0, 0.1) is 6.92 Å². The predicted octanol–water partition coefficient (Wildman–Crippen LogP) is 0.263. The Hall–Kier alpha value is -1.60. The van der Waals surface area contributed by atoms with Crippen LogP contribution in [0.3, 0.4) is 0 Å². The van der Waals surface area contributed by atoms with Gasteiger partial charge in [-0.25, -0.2) is 9.13 Å². The van der Waals surface area contributed by atoms with Crippen LogP contribution in [0.15, 0.2) is 48.5 Å². The van der Waals surface area contributed by atoms with Crippen molar-refractivity contribution in [1.82, 2.24) is 4.57 Å². The number of ether oxygens (including phenoxy) is 1. The van der Waals surface area contributed by atoms with Gasteiger partial charge < -0.3 is 33.8 Å². The quantitative estimate of drug-likeness (QED) is 0.401. The van der Waals surface area contributed by atoms with Crippen LogP contribution < -0.4 is 33.3 Å². The van der Waals surface area contributed by atoms with Gasteiger partial charge in [0.25, 0.3) is 5.82 Å². The number of nitrogens with zero attached hydrogens (tertiary/aromatic N) is 2. The van der Waals surface area contributed by atoms with Gasteiger partial charge in [-0.2, -0.15) is 0 Å². The van der Waals surface area contributed by atoms with Gasteiger partial charge in [0.2, 0.25) is 0 Å². The molecule has 1 unspecified atom stereocenters. The van der Waals surface area contributed by atoms with Crippen molar-refractivity contribution in [1.29, 1.82) is 0 Å². The smallest absolute Gasteiger partial charge is 0.257 e. The van der Waals surface area contributed by atoms with E-state index in [0.717, 1.165) is 24.2 Å². The predicted molar refractivity (Wildman–Crippen MR) is 99.9 cm³/mol. The van der Waals surface area contributed by atoms with E-state index in [4.69, 9.17) is 4.74 Å². The fourth-order valence-corrected chi connectivity index (χ4v) is 3.37. The molecule has 0 fully saturated rings. The van der Waals surface area contributed by atoms with Crippen molar-refractivity contribution >= 4 is 11.0 Å². The number of rotatable bonds is 7. The topological polar surface area (TPSA) is 38.3 Å². The Morgan fingerprint density at radius 2 is 1.77 bits per heavy atom. The summed E-state index contributed by atoms with van der Waals surface area (Å²) in [5.41, 5.74) is 3.58. The minimum atomic E-state index is -0.562. The molecule has 0 bridgehead atoms. The van der Waals surface area contributed by atoms with Crippen LogP contribution in [0.1, 0.15) is 25.2 Å². The Labute approximate surface area is 172 Å². The number of aromatic nitrogens is 2. The Morgan fingerprint density at radius 1 is 1.08 bits per heavy atom. The molecule has 0 aliphatic rings. The van der Waals surface area contributed by atoms with E-state index in [2.05, 4.69) is 41.2 Å². The Balaban J connectivity index is 0.00000243. The van der Waals surface area contributed by atoms with Gasteiger partial charge in [0.05, 0.1) is 6.54 Å². The maximum atomic E-state index is 10.5. The number of aliphatic hydroxyl groups excluding tert-OH is 1. The normalized spacial score (nSPS) is 12.0. The molecule has 0 amide bonds. The van der Waals surface area contributed by atoms with E-state index in [-0.39, 0.29) is 30.6 Å². The molecule has 5 heteroatoms. The highest BCUT2D eigenvalue weighted by Gasteiger charge is 2.24. The number of aliphatic hydroxyl groups is 1. The molecule has 1 atom stereocenters. The van der Waals surface area contributed by atoms with E-state index < -0.39 is 6.10 Å². The lowest BCUT2D eigenvalue weighted by molar-refractivity contribution is -0.686. The molecule has 4 nitrogen and oxygen atoms in total. The summed E-state index contributed by atoms with van der Waals surface area (Å²) in [5.74, 6) is 2.03. The SMILES string of the molecule is CCc1n(CC)c2ccccc2[n+]1CC(O)COc1ccc(C)cc1.[I-]. The second-order valence-corrected chi connectivity index (χ2v) is 6.39. The first-order chi connectivity index (χ1) is 12.1. The zero-order valence-corrected chi connectivity index (χ0v) is 17.8. The lowest BCUT2D eigenvalue weighted by atomic mass is 10.2. The van der Waals surface area contributed by atoms with Crippen LogP contribution in [0.5, 0.6) is 5.75 Å². The lowest BCUT2D eigenvalue weighted by Gasteiger charge is -2.12. The maximum absolute atomic E-state index is 10.5. The van der Waals surface area contributed by atoms with Gasteiger partial charge >= 0.3 is 0 Å². The lowest BCUT2D eigenvalue weighted by Crippen LogP contribution is -3.00. The molecule has 0 saturated carbocycles. The number of aryl methyl sites for hydroxylation is 2. The van der Waals surface area contributed by atoms with Crippen LogP contribution in [-0.4, -0.2) is 22.4 Å². The van der Waals surface area contributed by atoms with E-state index >= 15 is 0 Å². The van der Waals surface area contributed by atoms with Gasteiger partial charge in [0.1, 0.15) is 25.0 Å². The van der Waals surface area contributed by atoms with E-state index in [0.29, 0.717) is 6.54 Å². The third-order valence-corrected chi connectivity index (χ3v) is 4.58. The Kier molecular flexibility index (Phi) is 7.46. The van der Waals surface area contributed by atoms with Gasteiger partial charge in [-0.05, 0) is 38.1 Å². The first-order valence-corrected chi connectivity index (χ1v) is 9.01. The van der Waals surface area contributed by atoms with E-state index in [1.54, 1.807) is 0 Å². The van der Waals surface area contributed by atoms with Crippen molar-refractivity contribution in [3.8, 4) is 5.75 Å². The third kappa shape index (κ3) is 4.38. The number of hydrogen-bond donors (Lipinski definition) is 1. The van der Waals surface area contributed by atoms with Gasteiger partial charge in [-0.3, -0.25) is 0 Å². The van der Waals surface area contributed by atoms with Crippen LogP contribution in [0.25, 0.3) is 11.0 Å². The zero-order chi connectivity index (χ0) is 17.8. The molecule has 2 aromatic carbocycles. The second-order valence-electron chi connectivity index (χ2n) is 6.39. The largest absolute Gasteiger partial charge is 1.00 e. The summed E-state index contributed by atoms with van der Waals surface area (Å²) >= 11 is 0. The third-order valence-electron chi connectivity index (χ3n) is 4.58. The van der Waals surface area contributed by atoms with Crippen molar-refractivity contribution in [2.24, 2.45) is 0 Å². The summed E-state index contributed by atoms with van der Waals surface area (Å²) < 4.78 is 10.3. The molecule has 0 aliphatic carbocycles. The summed E-state index contributed by atoms with van der Waals surface area (Å²) in [6, 6.07) is 16.3. The fourth-order valence-electron chi connectivity index (χ4n) is 3.37. The van der Waals surface area contributed by atoms with Crippen molar-refractivity contribution in [2.75, 3.05) is 6.61 Å². The molecule has 0 radical (unpaired) electrons. The van der Waals surface area contributed by atoms with Gasteiger partial charge in [0.15, 0.2) is 11.0 Å². The first kappa shape index (κ1) is 20.7. The molecule has 0 saturated heterocycles.